The van der Waals surface area contributed by atoms with E-state index in [4.69, 9.17) is 23.2 Å². The third-order valence-corrected chi connectivity index (χ3v) is 5.52. The molecule has 0 saturated carbocycles. The fourth-order valence-electron chi connectivity index (χ4n) is 2.48. The first-order valence-corrected chi connectivity index (χ1v) is 8.37. The molecule has 0 spiro atoms. The Kier molecular flexibility index (Phi) is 5.68. The molecule has 0 radical (unpaired) electrons. The smallest absolute Gasteiger partial charge is 0.0624 e. The molecule has 2 atom stereocenters. The molecule has 0 aliphatic carbocycles. The van der Waals surface area contributed by atoms with Crippen LogP contribution in [0, 0.1) is 5.92 Å². The highest BCUT2D eigenvalue weighted by molar-refractivity contribution is 7.99. The van der Waals surface area contributed by atoms with Crippen molar-refractivity contribution in [1.29, 1.82) is 0 Å². The van der Waals surface area contributed by atoms with Gasteiger partial charge in [-0.25, -0.2) is 0 Å². The zero-order valence-corrected chi connectivity index (χ0v) is 12.9. The number of rotatable bonds is 5. The highest BCUT2D eigenvalue weighted by atomic mass is 35.5. The van der Waals surface area contributed by atoms with Gasteiger partial charge in [0.2, 0.25) is 0 Å². The van der Waals surface area contributed by atoms with Crippen molar-refractivity contribution in [1.82, 2.24) is 5.32 Å². The SMILES string of the molecule is CCNC(Cc1cccc(Cl)c1Cl)C1CCSC1. The van der Waals surface area contributed by atoms with Gasteiger partial charge in [-0.1, -0.05) is 42.3 Å². The van der Waals surface area contributed by atoms with Crippen molar-refractivity contribution in [2.45, 2.75) is 25.8 Å². The quantitative estimate of drug-likeness (QED) is 0.872. The summed E-state index contributed by atoms with van der Waals surface area (Å²) in [6.07, 6.45) is 2.28. The van der Waals surface area contributed by atoms with Gasteiger partial charge in [0.25, 0.3) is 0 Å². The second-order valence-corrected chi connectivity index (χ2v) is 6.64. The lowest BCUT2D eigenvalue weighted by Gasteiger charge is -2.24. The van der Waals surface area contributed by atoms with Gasteiger partial charge in [0.1, 0.15) is 0 Å². The van der Waals surface area contributed by atoms with Gasteiger partial charge in [-0.2, -0.15) is 11.8 Å². The largest absolute Gasteiger partial charge is 0.314 e. The molecule has 1 fully saturated rings. The van der Waals surface area contributed by atoms with Crippen LogP contribution in [-0.2, 0) is 6.42 Å². The molecule has 0 bridgehead atoms. The van der Waals surface area contributed by atoms with Crippen LogP contribution < -0.4 is 5.32 Å². The molecule has 1 nitrogen and oxygen atoms in total. The monoisotopic (exact) mass is 303 g/mol. The minimum absolute atomic E-state index is 0.515. The first-order chi connectivity index (χ1) is 8.72. The van der Waals surface area contributed by atoms with Crippen molar-refractivity contribution >= 4 is 35.0 Å². The van der Waals surface area contributed by atoms with E-state index in [1.165, 1.54) is 17.9 Å². The standard InChI is InChI=1S/C14H19Cl2NS/c1-2-17-13(11-6-7-18-9-11)8-10-4-3-5-12(15)14(10)16/h3-5,11,13,17H,2,6-9H2,1H3. The van der Waals surface area contributed by atoms with Crippen molar-refractivity contribution in [3.05, 3.63) is 33.8 Å². The van der Waals surface area contributed by atoms with Gasteiger partial charge < -0.3 is 5.32 Å². The zero-order chi connectivity index (χ0) is 13.0. The normalized spacial score (nSPS) is 21.2. The van der Waals surface area contributed by atoms with E-state index in [1.54, 1.807) is 0 Å². The summed E-state index contributed by atoms with van der Waals surface area (Å²) in [5.74, 6) is 3.30. The van der Waals surface area contributed by atoms with E-state index in [9.17, 15) is 0 Å². The number of nitrogens with one attached hydrogen (secondary N) is 1. The summed E-state index contributed by atoms with van der Waals surface area (Å²) in [6, 6.07) is 6.43. The van der Waals surface area contributed by atoms with Crippen molar-refractivity contribution in [3.63, 3.8) is 0 Å². The van der Waals surface area contributed by atoms with Gasteiger partial charge in [0, 0.05) is 6.04 Å². The molecule has 0 amide bonds. The highest BCUT2D eigenvalue weighted by Crippen LogP contribution is 2.31. The molecule has 0 aromatic heterocycles. The highest BCUT2D eigenvalue weighted by Gasteiger charge is 2.25. The summed E-state index contributed by atoms with van der Waals surface area (Å²) >= 11 is 14.4. The van der Waals surface area contributed by atoms with E-state index in [0.717, 1.165) is 24.4 Å². The summed E-state index contributed by atoms with van der Waals surface area (Å²) in [6.45, 7) is 3.17. The minimum Gasteiger partial charge on any atom is -0.314 e. The van der Waals surface area contributed by atoms with Gasteiger partial charge >= 0.3 is 0 Å². The van der Waals surface area contributed by atoms with Crippen molar-refractivity contribution in [3.8, 4) is 0 Å². The molecule has 1 saturated heterocycles. The summed E-state index contributed by atoms with van der Waals surface area (Å²) < 4.78 is 0. The maximum Gasteiger partial charge on any atom is 0.0624 e. The number of benzene rings is 1. The summed E-state index contributed by atoms with van der Waals surface area (Å²) in [5.41, 5.74) is 1.16. The molecule has 1 aliphatic heterocycles. The third-order valence-electron chi connectivity index (χ3n) is 3.47. The van der Waals surface area contributed by atoms with Gasteiger partial charge in [-0.05, 0) is 48.4 Å². The third kappa shape index (κ3) is 3.57. The molecule has 1 aliphatic rings. The summed E-state index contributed by atoms with van der Waals surface area (Å²) in [5, 5.41) is 4.98. The Bertz CT molecular complexity index is 391. The maximum atomic E-state index is 6.28. The van der Waals surface area contributed by atoms with Crippen LogP contribution in [0.5, 0.6) is 0 Å². The van der Waals surface area contributed by atoms with Crippen LogP contribution in [0.2, 0.25) is 10.0 Å². The molecular weight excluding hydrogens is 285 g/mol. The lowest BCUT2D eigenvalue weighted by Crippen LogP contribution is -2.38. The van der Waals surface area contributed by atoms with E-state index in [1.807, 2.05) is 12.1 Å². The van der Waals surface area contributed by atoms with Gasteiger partial charge in [-0.15, -0.1) is 0 Å². The van der Waals surface area contributed by atoms with Crippen LogP contribution >= 0.6 is 35.0 Å². The van der Waals surface area contributed by atoms with Gasteiger partial charge in [0.05, 0.1) is 10.0 Å². The second kappa shape index (κ2) is 7.04. The molecule has 4 heteroatoms. The Hall–Kier alpha value is 0.110. The Morgan fingerprint density at radius 2 is 2.28 bits per heavy atom. The van der Waals surface area contributed by atoms with Crippen molar-refractivity contribution in [2.24, 2.45) is 5.92 Å². The Morgan fingerprint density at radius 1 is 1.44 bits per heavy atom. The summed E-state index contributed by atoms with van der Waals surface area (Å²) in [7, 11) is 0. The topological polar surface area (TPSA) is 12.0 Å². The lowest BCUT2D eigenvalue weighted by molar-refractivity contribution is 0.387. The number of halogens is 2. The molecule has 2 rings (SSSR count). The van der Waals surface area contributed by atoms with Crippen LogP contribution in [0.4, 0.5) is 0 Å². The number of hydrogen-bond donors (Lipinski definition) is 1. The molecule has 100 valence electrons. The molecule has 1 N–H and O–H groups in total. The van der Waals surface area contributed by atoms with E-state index in [0.29, 0.717) is 16.1 Å². The van der Waals surface area contributed by atoms with Crippen LogP contribution in [0.15, 0.2) is 18.2 Å². The Labute approximate surface area is 124 Å². The fraction of sp³-hybridized carbons (Fsp3) is 0.571. The zero-order valence-electron chi connectivity index (χ0n) is 10.6. The lowest BCUT2D eigenvalue weighted by atomic mass is 9.93. The second-order valence-electron chi connectivity index (χ2n) is 4.70. The van der Waals surface area contributed by atoms with E-state index in [-0.39, 0.29) is 0 Å². The molecular formula is C14H19Cl2NS. The molecule has 1 aromatic carbocycles. The number of likely N-dealkylation sites (N-methyl/N-ethyl adjacent to an activating group) is 1. The Morgan fingerprint density at radius 3 is 2.94 bits per heavy atom. The molecule has 1 heterocycles. The average Bonchev–Trinajstić information content (AvgIpc) is 2.88. The summed E-state index contributed by atoms with van der Waals surface area (Å²) in [4.78, 5) is 0. The average molecular weight is 304 g/mol. The molecule has 18 heavy (non-hydrogen) atoms. The van der Waals surface area contributed by atoms with Crippen molar-refractivity contribution in [2.75, 3.05) is 18.1 Å². The fourth-order valence-corrected chi connectivity index (χ4v) is 4.22. The Balaban J connectivity index is 2.10. The maximum absolute atomic E-state index is 6.28. The van der Waals surface area contributed by atoms with E-state index >= 15 is 0 Å². The number of thioether (sulfide) groups is 1. The van der Waals surface area contributed by atoms with E-state index in [2.05, 4.69) is 30.1 Å². The molecule has 2 unspecified atom stereocenters. The first kappa shape index (κ1) is 14.5. The first-order valence-electron chi connectivity index (χ1n) is 6.46. The van der Waals surface area contributed by atoms with Crippen LogP contribution in [0.1, 0.15) is 18.9 Å². The van der Waals surface area contributed by atoms with Crippen LogP contribution in [-0.4, -0.2) is 24.1 Å². The van der Waals surface area contributed by atoms with Crippen molar-refractivity contribution < 1.29 is 0 Å². The van der Waals surface area contributed by atoms with Gasteiger partial charge in [0.15, 0.2) is 0 Å². The molecule has 1 aromatic rings. The van der Waals surface area contributed by atoms with Crippen LogP contribution in [0.25, 0.3) is 0 Å². The van der Waals surface area contributed by atoms with E-state index < -0.39 is 0 Å². The van der Waals surface area contributed by atoms with Crippen LogP contribution in [0.3, 0.4) is 0 Å². The predicted octanol–water partition coefficient (Wildman–Crippen LogP) is 4.27. The predicted molar refractivity (Wildman–Crippen MR) is 83.1 cm³/mol. The minimum atomic E-state index is 0.515. The van der Waals surface area contributed by atoms with Gasteiger partial charge in [-0.3, -0.25) is 0 Å². The number of hydrogen-bond acceptors (Lipinski definition) is 2.